The molecule has 94 valence electrons. The average molecular weight is 235 g/mol. The smallest absolute Gasteiger partial charge is 0.410 e. The van der Waals surface area contributed by atoms with Crippen molar-refractivity contribution >= 4 is 6.09 Å². The van der Waals surface area contributed by atoms with Gasteiger partial charge >= 0.3 is 6.09 Å². The molecular weight excluding hydrogens is 216 g/mol. The van der Waals surface area contributed by atoms with E-state index in [4.69, 9.17) is 4.74 Å². The summed E-state index contributed by atoms with van der Waals surface area (Å²) in [6.07, 6.45) is -0.789. The second kappa shape index (κ2) is 4.18. The van der Waals surface area contributed by atoms with Gasteiger partial charge in [0.2, 0.25) is 0 Å². The Morgan fingerprint density at radius 2 is 2.00 bits per heavy atom. The van der Waals surface area contributed by atoms with Gasteiger partial charge in [0.1, 0.15) is 5.60 Å². The van der Waals surface area contributed by atoms with Crippen molar-refractivity contribution in [1.29, 1.82) is 0 Å². The van der Waals surface area contributed by atoms with Gasteiger partial charge in [-0.25, -0.2) is 13.6 Å². The largest absolute Gasteiger partial charge is 0.444 e. The summed E-state index contributed by atoms with van der Waals surface area (Å²) in [5.74, 6) is -3.48. The molecule has 0 N–H and O–H groups in total. The Morgan fingerprint density at radius 3 is 2.44 bits per heavy atom. The van der Waals surface area contributed by atoms with Crippen LogP contribution in [0.5, 0.6) is 0 Å². The SMILES string of the molecule is CC1CN(C(=O)OC(C)(C)C)CCC1(F)F. The Kier molecular flexibility index (Phi) is 3.45. The molecule has 1 aliphatic heterocycles. The van der Waals surface area contributed by atoms with E-state index < -0.39 is 23.5 Å². The summed E-state index contributed by atoms with van der Waals surface area (Å²) in [5, 5.41) is 0. The zero-order chi connectivity index (χ0) is 12.6. The minimum Gasteiger partial charge on any atom is -0.444 e. The molecule has 1 unspecified atom stereocenters. The van der Waals surface area contributed by atoms with E-state index in [0.717, 1.165) is 0 Å². The van der Waals surface area contributed by atoms with Crippen molar-refractivity contribution in [2.45, 2.75) is 45.6 Å². The number of ether oxygens (including phenoxy) is 1. The van der Waals surface area contributed by atoms with Crippen molar-refractivity contribution in [1.82, 2.24) is 4.90 Å². The van der Waals surface area contributed by atoms with Crippen LogP contribution in [0.15, 0.2) is 0 Å². The molecule has 0 aromatic carbocycles. The van der Waals surface area contributed by atoms with E-state index in [0.29, 0.717) is 0 Å². The van der Waals surface area contributed by atoms with Gasteiger partial charge in [-0.2, -0.15) is 0 Å². The second-order valence-corrected chi connectivity index (χ2v) is 5.34. The van der Waals surface area contributed by atoms with E-state index in [2.05, 4.69) is 0 Å². The predicted octanol–water partition coefficient (Wildman–Crippen LogP) is 2.90. The molecule has 16 heavy (non-hydrogen) atoms. The van der Waals surface area contributed by atoms with E-state index in [9.17, 15) is 13.6 Å². The van der Waals surface area contributed by atoms with Crippen molar-refractivity contribution in [3.05, 3.63) is 0 Å². The van der Waals surface area contributed by atoms with Crippen molar-refractivity contribution in [3.8, 4) is 0 Å². The highest BCUT2D eigenvalue weighted by Gasteiger charge is 2.43. The normalized spacial score (nSPS) is 25.4. The van der Waals surface area contributed by atoms with Crippen LogP contribution in [0.2, 0.25) is 0 Å². The number of carbonyl (C=O) groups is 1. The lowest BCUT2D eigenvalue weighted by atomic mass is 9.96. The van der Waals surface area contributed by atoms with Gasteiger partial charge in [-0.3, -0.25) is 0 Å². The van der Waals surface area contributed by atoms with E-state index in [-0.39, 0.29) is 19.5 Å². The molecule has 1 atom stereocenters. The zero-order valence-electron chi connectivity index (χ0n) is 10.2. The molecule has 1 heterocycles. The second-order valence-electron chi connectivity index (χ2n) is 5.34. The summed E-state index contributed by atoms with van der Waals surface area (Å²) in [5.41, 5.74) is -0.583. The Balaban J connectivity index is 2.55. The van der Waals surface area contributed by atoms with Gasteiger partial charge in [-0.1, -0.05) is 6.92 Å². The number of carbonyl (C=O) groups excluding carboxylic acids is 1. The fourth-order valence-electron chi connectivity index (χ4n) is 1.58. The maximum atomic E-state index is 13.2. The van der Waals surface area contributed by atoms with Gasteiger partial charge in [0.15, 0.2) is 0 Å². The maximum Gasteiger partial charge on any atom is 0.410 e. The number of nitrogens with zero attached hydrogens (tertiary/aromatic N) is 1. The fourth-order valence-corrected chi connectivity index (χ4v) is 1.58. The van der Waals surface area contributed by atoms with Gasteiger partial charge in [-0.15, -0.1) is 0 Å². The van der Waals surface area contributed by atoms with Crippen LogP contribution in [0.3, 0.4) is 0 Å². The van der Waals surface area contributed by atoms with E-state index in [1.165, 1.54) is 11.8 Å². The molecule has 1 amide bonds. The molecule has 0 bridgehead atoms. The summed E-state index contributed by atoms with van der Waals surface area (Å²) in [6.45, 7) is 6.84. The van der Waals surface area contributed by atoms with Crippen LogP contribution in [0.25, 0.3) is 0 Å². The van der Waals surface area contributed by atoms with Crippen LogP contribution < -0.4 is 0 Å². The number of piperidine rings is 1. The molecule has 0 aromatic heterocycles. The lowest BCUT2D eigenvalue weighted by Gasteiger charge is -2.37. The molecule has 3 nitrogen and oxygen atoms in total. The molecule has 0 aliphatic carbocycles. The summed E-state index contributed by atoms with van der Waals surface area (Å²) in [6, 6.07) is 0. The standard InChI is InChI=1S/C11H19F2NO2/c1-8-7-14(6-5-11(8,12)13)9(15)16-10(2,3)4/h8H,5-7H2,1-4H3. The van der Waals surface area contributed by atoms with Crippen LogP contribution >= 0.6 is 0 Å². The van der Waals surface area contributed by atoms with Gasteiger partial charge in [-0.05, 0) is 20.8 Å². The lowest BCUT2D eigenvalue weighted by molar-refractivity contribution is -0.0984. The number of likely N-dealkylation sites (tertiary alicyclic amines) is 1. The van der Waals surface area contributed by atoms with Crippen molar-refractivity contribution in [3.63, 3.8) is 0 Å². The van der Waals surface area contributed by atoms with Crippen LogP contribution in [0, 0.1) is 5.92 Å². The highest BCUT2D eigenvalue weighted by atomic mass is 19.3. The Bertz CT molecular complexity index is 274. The zero-order valence-corrected chi connectivity index (χ0v) is 10.2. The number of amides is 1. The molecule has 1 fully saturated rings. The molecule has 5 heteroatoms. The van der Waals surface area contributed by atoms with Gasteiger partial charge in [0.05, 0.1) is 0 Å². The van der Waals surface area contributed by atoms with Crippen LogP contribution in [-0.2, 0) is 4.74 Å². The lowest BCUT2D eigenvalue weighted by Crippen LogP contribution is -2.49. The molecular formula is C11H19F2NO2. The first-order valence-corrected chi connectivity index (χ1v) is 5.47. The number of alkyl halides is 2. The minimum absolute atomic E-state index is 0.0575. The minimum atomic E-state index is -2.67. The van der Waals surface area contributed by atoms with Crippen molar-refractivity contribution in [2.24, 2.45) is 5.92 Å². The summed E-state index contributed by atoms with van der Waals surface area (Å²) < 4.78 is 31.5. The van der Waals surface area contributed by atoms with Gasteiger partial charge in [0.25, 0.3) is 5.92 Å². The number of halogens is 2. The third-order valence-electron chi connectivity index (χ3n) is 2.58. The Hall–Kier alpha value is -0.870. The van der Waals surface area contributed by atoms with Crippen LogP contribution in [-0.4, -0.2) is 35.6 Å². The molecule has 1 saturated heterocycles. The number of rotatable bonds is 0. The van der Waals surface area contributed by atoms with E-state index >= 15 is 0 Å². The number of hydrogen-bond acceptors (Lipinski definition) is 2. The highest BCUT2D eigenvalue weighted by Crippen LogP contribution is 2.33. The van der Waals surface area contributed by atoms with Crippen LogP contribution in [0.1, 0.15) is 34.1 Å². The first-order valence-electron chi connectivity index (χ1n) is 5.47. The monoisotopic (exact) mass is 235 g/mol. The Morgan fingerprint density at radius 1 is 1.44 bits per heavy atom. The van der Waals surface area contributed by atoms with E-state index in [1.807, 2.05) is 0 Å². The summed E-state index contributed by atoms with van der Waals surface area (Å²) in [4.78, 5) is 13.0. The quantitative estimate of drug-likeness (QED) is 0.646. The molecule has 1 aliphatic rings. The van der Waals surface area contributed by atoms with E-state index in [1.54, 1.807) is 20.8 Å². The molecule has 0 radical (unpaired) electrons. The summed E-state index contributed by atoms with van der Waals surface area (Å²) >= 11 is 0. The topological polar surface area (TPSA) is 29.5 Å². The molecule has 0 aromatic rings. The molecule has 1 rings (SSSR count). The average Bonchev–Trinajstić information content (AvgIpc) is 2.06. The summed E-state index contributed by atoms with van der Waals surface area (Å²) in [7, 11) is 0. The highest BCUT2D eigenvalue weighted by molar-refractivity contribution is 5.68. The van der Waals surface area contributed by atoms with Gasteiger partial charge < -0.3 is 9.64 Å². The van der Waals surface area contributed by atoms with Crippen LogP contribution in [0.4, 0.5) is 13.6 Å². The Labute approximate surface area is 94.7 Å². The van der Waals surface area contributed by atoms with Crippen molar-refractivity contribution in [2.75, 3.05) is 13.1 Å². The molecule has 0 spiro atoms. The fraction of sp³-hybridized carbons (Fsp3) is 0.909. The number of hydrogen-bond donors (Lipinski definition) is 0. The maximum absolute atomic E-state index is 13.2. The third kappa shape index (κ3) is 3.32. The molecule has 0 saturated carbocycles. The third-order valence-corrected chi connectivity index (χ3v) is 2.58. The first kappa shape index (κ1) is 13.2. The van der Waals surface area contributed by atoms with Crippen molar-refractivity contribution < 1.29 is 18.3 Å². The van der Waals surface area contributed by atoms with Gasteiger partial charge in [0, 0.05) is 25.4 Å². The predicted molar refractivity (Wildman–Crippen MR) is 56.5 cm³/mol. The first-order chi connectivity index (χ1) is 7.12.